The fourth-order valence-electron chi connectivity index (χ4n) is 4.85. The first-order chi connectivity index (χ1) is 17.2. The molecule has 3 aromatic heterocycles. The lowest BCUT2D eigenvalue weighted by Crippen LogP contribution is -2.32. The topological polar surface area (TPSA) is 96.9 Å². The number of amides is 1. The van der Waals surface area contributed by atoms with Crippen LogP contribution in [0.25, 0.3) is 17.1 Å². The number of nitrogens with one attached hydrogen (secondary N) is 1. The van der Waals surface area contributed by atoms with Crippen molar-refractivity contribution in [1.29, 1.82) is 0 Å². The second kappa shape index (κ2) is 9.14. The molecule has 9 heteroatoms. The van der Waals surface area contributed by atoms with Gasteiger partial charge in [-0.15, -0.1) is 0 Å². The molecule has 178 valence electrons. The monoisotopic (exact) mass is 488 g/mol. The van der Waals surface area contributed by atoms with Gasteiger partial charge in [-0.3, -0.25) is 4.79 Å². The molecule has 1 saturated carbocycles. The Hall–Kier alpha value is -3.72. The number of furan rings is 2. The number of hydrogen-bond donors (Lipinski definition) is 1. The third-order valence-electron chi connectivity index (χ3n) is 6.45. The lowest BCUT2D eigenvalue weighted by Gasteiger charge is -2.27. The molecule has 1 amide bonds. The zero-order chi connectivity index (χ0) is 23.8. The number of carbonyl (C=O) groups is 1. The predicted octanol–water partition coefficient (Wildman–Crippen LogP) is 5.67. The summed E-state index contributed by atoms with van der Waals surface area (Å²) in [6, 6.07) is 13.0. The number of aromatic amines is 1. The third kappa shape index (κ3) is 4.16. The van der Waals surface area contributed by atoms with Gasteiger partial charge in [0.05, 0.1) is 42.1 Å². The summed E-state index contributed by atoms with van der Waals surface area (Å²) >= 11 is 1.36. The van der Waals surface area contributed by atoms with Crippen LogP contribution in [0.3, 0.4) is 0 Å². The first-order valence-electron chi connectivity index (χ1n) is 11.5. The molecular formula is C26H24N4O4S. The van der Waals surface area contributed by atoms with E-state index in [1.54, 1.807) is 24.6 Å². The van der Waals surface area contributed by atoms with Gasteiger partial charge in [-0.2, -0.15) is 5.10 Å². The van der Waals surface area contributed by atoms with Crippen LogP contribution in [0.5, 0.6) is 5.75 Å². The van der Waals surface area contributed by atoms with Crippen LogP contribution in [0, 0.1) is 5.92 Å². The van der Waals surface area contributed by atoms with Crippen LogP contribution < -0.4 is 4.74 Å². The van der Waals surface area contributed by atoms with Crippen LogP contribution >= 0.6 is 11.8 Å². The van der Waals surface area contributed by atoms with Crippen LogP contribution in [0.2, 0.25) is 0 Å². The summed E-state index contributed by atoms with van der Waals surface area (Å²) in [5.74, 6) is 2.50. The fraction of sp³-hybridized carbons (Fsp3) is 0.269. The molecule has 0 saturated heterocycles. The van der Waals surface area contributed by atoms with Crippen molar-refractivity contribution in [2.75, 3.05) is 12.9 Å². The van der Waals surface area contributed by atoms with Crippen molar-refractivity contribution in [2.45, 2.75) is 30.5 Å². The molecule has 0 spiro atoms. The van der Waals surface area contributed by atoms with Gasteiger partial charge in [-0.1, -0.05) is 11.8 Å². The SMILES string of the molecule is COc1ccc2nc(SCC(=O)N3N=C4/C(=C\c5ccco5)CCCC4C3c3ccco3)[nH]c2c1. The molecular weight excluding hydrogens is 464 g/mol. The highest BCUT2D eigenvalue weighted by Gasteiger charge is 2.45. The summed E-state index contributed by atoms with van der Waals surface area (Å²) in [5, 5.41) is 7.15. The van der Waals surface area contributed by atoms with Crippen LogP contribution in [-0.4, -0.2) is 39.5 Å². The number of methoxy groups -OCH3 is 1. The zero-order valence-corrected chi connectivity index (χ0v) is 20.0. The molecule has 2 atom stereocenters. The van der Waals surface area contributed by atoms with Gasteiger partial charge in [-0.25, -0.2) is 9.99 Å². The van der Waals surface area contributed by atoms with Gasteiger partial charge in [0.2, 0.25) is 0 Å². The number of imidazole rings is 1. The molecule has 0 bridgehead atoms. The second-order valence-corrected chi connectivity index (χ2v) is 9.55. The van der Waals surface area contributed by atoms with E-state index in [9.17, 15) is 4.79 Å². The Morgan fingerprint density at radius 1 is 1.26 bits per heavy atom. The summed E-state index contributed by atoms with van der Waals surface area (Å²) in [6.07, 6.45) is 8.22. The highest BCUT2D eigenvalue weighted by molar-refractivity contribution is 7.99. The molecule has 1 fully saturated rings. The van der Waals surface area contributed by atoms with E-state index in [2.05, 4.69) is 9.97 Å². The number of thioether (sulfide) groups is 1. The van der Waals surface area contributed by atoms with Crippen molar-refractivity contribution in [3.8, 4) is 5.75 Å². The molecule has 1 aromatic carbocycles. The smallest absolute Gasteiger partial charge is 0.253 e. The molecule has 4 heterocycles. The Balaban J connectivity index is 1.26. The minimum absolute atomic E-state index is 0.0868. The number of fused-ring (bicyclic) bond motifs is 2. The number of hydrazone groups is 1. The largest absolute Gasteiger partial charge is 0.497 e. The van der Waals surface area contributed by atoms with Gasteiger partial charge in [0, 0.05) is 12.0 Å². The van der Waals surface area contributed by atoms with Crippen molar-refractivity contribution >= 4 is 40.5 Å². The van der Waals surface area contributed by atoms with E-state index in [0.717, 1.165) is 58.9 Å². The highest BCUT2D eigenvalue weighted by Crippen LogP contribution is 2.44. The van der Waals surface area contributed by atoms with E-state index in [4.69, 9.17) is 18.7 Å². The molecule has 1 aliphatic heterocycles. The summed E-state index contributed by atoms with van der Waals surface area (Å²) in [7, 11) is 1.63. The van der Waals surface area contributed by atoms with Gasteiger partial charge in [0.25, 0.3) is 5.91 Å². The zero-order valence-electron chi connectivity index (χ0n) is 19.1. The normalized spacial score (nSPS) is 20.9. The Kier molecular flexibility index (Phi) is 5.69. The van der Waals surface area contributed by atoms with Crippen molar-refractivity contribution in [3.05, 3.63) is 72.1 Å². The first-order valence-corrected chi connectivity index (χ1v) is 12.5. The average molecular weight is 489 g/mol. The maximum atomic E-state index is 13.5. The third-order valence-corrected chi connectivity index (χ3v) is 7.31. The van der Waals surface area contributed by atoms with E-state index in [1.165, 1.54) is 11.8 Å². The molecule has 6 rings (SSSR count). The molecule has 1 aliphatic carbocycles. The summed E-state index contributed by atoms with van der Waals surface area (Å²) in [6.45, 7) is 0. The Morgan fingerprint density at radius 3 is 2.94 bits per heavy atom. The van der Waals surface area contributed by atoms with Crippen LogP contribution in [0.1, 0.15) is 36.8 Å². The number of H-pyrrole nitrogens is 1. The van der Waals surface area contributed by atoms with Gasteiger partial charge in [0.1, 0.15) is 23.3 Å². The Morgan fingerprint density at radius 2 is 2.14 bits per heavy atom. The van der Waals surface area contributed by atoms with Crippen molar-refractivity contribution < 1.29 is 18.4 Å². The van der Waals surface area contributed by atoms with Gasteiger partial charge >= 0.3 is 0 Å². The molecule has 35 heavy (non-hydrogen) atoms. The fourth-order valence-corrected chi connectivity index (χ4v) is 5.58. The Bertz CT molecular complexity index is 1400. The maximum Gasteiger partial charge on any atom is 0.253 e. The number of aromatic nitrogens is 2. The predicted molar refractivity (Wildman–Crippen MR) is 133 cm³/mol. The first kappa shape index (κ1) is 21.8. The number of hydrogen-bond acceptors (Lipinski definition) is 7. The van der Waals surface area contributed by atoms with E-state index >= 15 is 0 Å². The Labute approximate surface area is 206 Å². The summed E-state index contributed by atoms with van der Waals surface area (Å²) < 4.78 is 16.6. The van der Waals surface area contributed by atoms with Gasteiger partial charge < -0.3 is 18.6 Å². The summed E-state index contributed by atoms with van der Waals surface area (Å²) in [4.78, 5) is 21.3. The maximum absolute atomic E-state index is 13.5. The minimum atomic E-state index is -0.256. The standard InChI is InChI=1S/C26H24N4O4S/c1-32-17-9-10-20-21(14-17)28-26(27-20)35-15-23(31)30-25(22-8-4-12-34-22)19-7-2-5-16(24(19)29-30)13-18-6-3-11-33-18/h3-4,6,8-14,19,25H,2,5,7,15H2,1H3,(H,27,28)/b16-13-. The van der Waals surface area contributed by atoms with E-state index in [0.29, 0.717) is 5.16 Å². The highest BCUT2D eigenvalue weighted by atomic mass is 32.2. The van der Waals surface area contributed by atoms with Crippen LogP contribution in [0.15, 0.2) is 79.7 Å². The molecule has 2 aliphatic rings. The quantitative estimate of drug-likeness (QED) is 0.351. The average Bonchev–Trinajstić information content (AvgIpc) is 3.67. The molecule has 4 aromatic rings. The van der Waals surface area contributed by atoms with Crippen LogP contribution in [0.4, 0.5) is 0 Å². The molecule has 1 N–H and O–H groups in total. The summed E-state index contributed by atoms with van der Waals surface area (Å²) in [5.41, 5.74) is 3.76. The number of ether oxygens (including phenoxy) is 1. The van der Waals surface area contributed by atoms with E-state index < -0.39 is 0 Å². The number of benzene rings is 1. The lowest BCUT2D eigenvalue weighted by atomic mass is 9.79. The van der Waals surface area contributed by atoms with Crippen molar-refractivity contribution in [1.82, 2.24) is 15.0 Å². The van der Waals surface area contributed by atoms with Crippen LogP contribution in [-0.2, 0) is 4.79 Å². The number of nitrogens with zero attached hydrogens (tertiary/aromatic N) is 3. The van der Waals surface area contributed by atoms with Crippen molar-refractivity contribution in [3.63, 3.8) is 0 Å². The second-order valence-electron chi connectivity index (χ2n) is 8.58. The van der Waals surface area contributed by atoms with E-state index in [-0.39, 0.29) is 23.6 Å². The number of rotatable bonds is 6. The minimum Gasteiger partial charge on any atom is -0.497 e. The molecule has 0 radical (unpaired) electrons. The van der Waals surface area contributed by atoms with Gasteiger partial charge in [-0.05, 0) is 67.3 Å². The van der Waals surface area contributed by atoms with E-state index in [1.807, 2.05) is 48.5 Å². The number of allylic oxidation sites excluding steroid dienone is 1. The molecule has 8 nitrogen and oxygen atoms in total. The van der Waals surface area contributed by atoms with Crippen molar-refractivity contribution in [2.24, 2.45) is 11.0 Å². The van der Waals surface area contributed by atoms with Gasteiger partial charge in [0.15, 0.2) is 5.16 Å². The number of carbonyl (C=O) groups excluding carboxylic acids is 1. The lowest BCUT2D eigenvalue weighted by molar-refractivity contribution is -0.131. The molecule has 2 unspecified atom stereocenters.